The summed E-state index contributed by atoms with van der Waals surface area (Å²) < 4.78 is 10.1. The van der Waals surface area contributed by atoms with Crippen LogP contribution in [0.1, 0.15) is 33.6 Å². The second-order valence-electron chi connectivity index (χ2n) is 7.22. The molecule has 0 aliphatic carbocycles. The van der Waals surface area contributed by atoms with Crippen LogP contribution in [0.5, 0.6) is 0 Å². The number of carbonyl (C=O) groups is 4. The number of rotatable bonds is 8. The maximum absolute atomic E-state index is 12.8. The molecule has 0 saturated carbocycles. The predicted octanol–water partition coefficient (Wildman–Crippen LogP) is 3.90. The van der Waals surface area contributed by atoms with E-state index in [1.54, 1.807) is 48.5 Å². The molecule has 2 aromatic rings. The molecule has 1 saturated heterocycles. The number of anilines is 1. The molecular formula is C23H21Cl2NO6. The van der Waals surface area contributed by atoms with Crippen molar-refractivity contribution in [3.05, 3.63) is 64.7 Å². The molecule has 168 valence electrons. The number of ketones is 1. The van der Waals surface area contributed by atoms with Crippen LogP contribution < -0.4 is 4.90 Å². The topological polar surface area (TPSA) is 90.0 Å². The van der Waals surface area contributed by atoms with Crippen LogP contribution in [0, 0.1) is 5.92 Å². The van der Waals surface area contributed by atoms with E-state index in [1.165, 1.54) is 12.0 Å². The molecule has 0 spiro atoms. The van der Waals surface area contributed by atoms with Crippen molar-refractivity contribution in [1.29, 1.82) is 0 Å². The van der Waals surface area contributed by atoms with Crippen molar-refractivity contribution in [3.63, 3.8) is 0 Å². The third-order valence-electron chi connectivity index (χ3n) is 5.11. The monoisotopic (exact) mass is 477 g/mol. The highest BCUT2D eigenvalue weighted by molar-refractivity contribution is 6.30. The highest BCUT2D eigenvalue weighted by atomic mass is 35.5. The van der Waals surface area contributed by atoms with Crippen molar-refractivity contribution in [2.24, 2.45) is 5.92 Å². The molecule has 0 N–H and O–H groups in total. The minimum atomic E-state index is -1.05. The molecule has 1 aliphatic rings. The quantitative estimate of drug-likeness (QED) is 0.325. The molecule has 1 fully saturated rings. The summed E-state index contributed by atoms with van der Waals surface area (Å²) >= 11 is 11.7. The van der Waals surface area contributed by atoms with E-state index in [1.807, 2.05) is 0 Å². The van der Waals surface area contributed by atoms with Gasteiger partial charge in [0, 0.05) is 41.5 Å². The molecule has 9 heteroatoms. The first-order chi connectivity index (χ1) is 15.3. The third-order valence-corrected chi connectivity index (χ3v) is 5.58. The van der Waals surface area contributed by atoms with E-state index >= 15 is 0 Å². The zero-order chi connectivity index (χ0) is 23.3. The van der Waals surface area contributed by atoms with Gasteiger partial charge in [0.25, 0.3) is 0 Å². The Morgan fingerprint density at radius 3 is 2.28 bits per heavy atom. The lowest BCUT2D eigenvalue weighted by Gasteiger charge is -2.19. The van der Waals surface area contributed by atoms with Gasteiger partial charge in [0.15, 0.2) is 6.10 Å². The molecule has 0 radical (unpaired) electrons. The molecule has 2 aromatic carbocycles. The number of alkyl halides is 1. The molecule has 0 aromatic heterocycles. The van der Waals surface area contributed by atoms with Gasteiger partial charge in [-0.1, -0.05) is 11.6 Å². The van der Waals surface area contributed by atoms with E-state index in [2.05, 4.69) is 4.74 Å². The SMILES string of the molecule is COC(=O)c1ccc(N2CC(C(=O)OC(CCCl)C(=O)c3ccc(Cl)cc3)CC2=O)cc1. The van der Waals surface area contributed by atoms with Crippen LogP contribution in [0.15, 0.2) is 48.5 Å². The number of hydrogen-bond donors (Lipinski definition) is 0. The lowest BCUT2D eigenvalue weighted by molar-refractivity contribution is -0.151. The second kappa shape index (κ2) is 10.6. The third kappa shape index (κ3) is 5.47. The van der Waals surface area contributed by atoms with Gasteiger partial charge in [-0.3, -0.25) is 14.4 Å². The number of Topliss-reactive ketones (excluding diaryl/α,β-unsaturated/α-hetero) is 1. The van der Waals surface area contributed by atoms with Crippen molar-refractivity contribution in [2.45, 2.75) is 18.9 Å². The van der Waals surface area contributed by atoms with E-state index in [4.69, 9.17) is 27.9 Å². The Morgan fingerprint density at radius 2 is 1.69 bits per heavy atom. The van der Waals surface area contributed by atoms with E-state index in [-0.39, 0.29) is 37.0 Å². The van der Waals surface area contributed by atoms with Crippen LogP contribution in [0.3, 0.4) is 0 Å². The van der Waals surface area contributed by atoms with Gasteiger partial charge in [-0.05, 0) is 48.5 Å². The maximum atomic E-state index is 12.8. The highest BCUT2D eigenvalue weighted by Crippen LogP contribution is 2.27. The Kier molecular flexibility index (Phi) is 7.88. The number of methoxy groups -OCH3 is 1. The first-order valence-electron chi connectivity index (χ1n) is 9.89. The molecule has 1 aliphatic heterocycles. The average Bonchev–Trinajstić information content (AvgIpc) is 3.20. The summed E-state index contributed by atoms with van der Waals surface area (Å²) in [5, 5.41) is 0.483. The number of hydrogen-bond acceptors (Lipinski definition) is 6. The van der Waals surface area contributed by atoms with Crippen molar-refractivity contribution >= 4 is 52.5 Å². The number of amides is 1. The zero-order valence-electron chi connectivity index (χ0n) is 17.3. The van der Waals surface area contributed by atoms with Gasteiger partial charge in [-0.15, -0.1) is 11.6 Å². The number of esters is 2. The number of nitrogens with zero attached hydrogens (tertiary/aromatic N) is 1. The molecule has 32 heavy (non-hydrogen) atoms. The average molecular weight is 478 g/mol. The number of halogens is 2. The van der Waals surface area contributed by atoms with Crippen LogP contribution in [0.4, 0.5) is 5.69 Å². The molecule has 0 bridgehead atoms. The molecule has 3 rings (SSSR count). The van der Waals surface area contributed by atoms with E-state index in [0.717, 1.165) is 0 Å². The zero-order valence-corrected chi connectivity index (χ0v) is 18.8. The second-order valence-corrected chi connectivity index (χ2v) is 8.03. The Hall–Kier alpha value is -2.90. The number of benzene rings is 2. The van der Waals surface area contributed by atoms with Crippen LogP contribution in [0.25, 0.3) is 0 Å². The lowest BCUT2D eigenvalue weighted by Crippen LogP contribution is -2.32. The largest absolute Gasteiger partial charge is 0.465 e. The molecular weight excluding hydrogens is 457 g/mol. The van der Waals surface area contributed by atoms with Gasteiger partial charge < -0.3 is 14.4 Å². The normalized spacial score (nSPS) is 16.5. The van der Waals surface area contributed by atoms with Crippen LogP contribution in [-0.4, -0.2) is 49.3 Å². The van der Waals surface area contributed by atoms with Gasteiger partial charge >= 0.3 is 11.9 Å². The smallest absolute Gasteiger partial charge is 0.337 e. The minimum Gasteiger partial charge on any atom is -0.465 e. The van der Waals surface area contributed by atoms with Gasteiger partial charge in [-0.2, -0.15) is 0 Å². The van der Waals surface area contributed by atoms with Crippen molar-refractivity contribution in [1.82, 2.24) is 0 Å². The molecule has 1 amide bonds. The van der Waals surface area contributed by atoms with Crippen LogP contribution in [0.2, 0.25) is 5.02 Å². The standard InChI is InChI=1S/C23H21Cl2NO6/c1-31-22(29)15-4-8-18(9-5-15)26-13-16(12-20(26)27)23(30)32-19(10-11-24)21(28)14-2-6-17(25)7-3-14/h2-9,16,19H,10-13H2,1H3. The Labute approximate surface area is 195 Å². The Morgan fingerprint density at radius 1 is 1.06 bits per heavy atom. The lowest BCUT2D eigenvalue weighted by atomic mass is 10.0. The Bertz CT molecular complexity index is 1010. The summed E-state index contributed by atoms with van der Waals surface area (Å²) in [6, 6.07) is 12.6. The van der Waals surface area contributed by atoms with E-state index in [0.29, 0.717) is 21.8 Å². The van der Waals surface area contributed by atoms with E-state index < -0.39 is 24.0 Å². The predicted molar refractivity (Wildman–Crippen MR) is 119 cm³/mol. The molecule has 1 heterocycles. The molecule has 2 unspecified atom stereocenters. The summed E-state index contributed by atoms with van der Waals surface area (Å²) in [5.41, 5.74) is 1.25. The summed E-state index contributed by atoms with van der Waals surface area (Å²) in [6.07, 6.45) is -0.946. The summed E-state index contributed by atoms with van der Waals surface area (Å²) in [5.74, 6) is -2.35. The van der Waals surface area contributed by atoms with Crippen LogP contribution >= 0.6 is 23.2 Å². The highest BCUT2D eigenvalue weighted by Gasteiger charge is 2.38. The van der Waals surface area contributed by atoms with Crippen molar-refractivity contribution in [3.8, 4) is 0 Å². The number of ether oxygens (including phenoxy) is 2. The first kappa shape index (κ1) is 23.8. The first-order valence-corrected chi connectivity index (χ1v) is 10.8. The summed E-state index contributed by atoms with van der Waals surface area (Å²) in [6.45, 7) is 0.109. The summed E-state index contributed by atoms with van der Waals surface area (Å²) in [7, 11) is 1.28. The van der Waals surface area contributed by atoms with Crippen molar-refractivity contribution < 1.29 is 28.7 Å². The molecule has 2 atom stereocenters. The summed E-state index contributed by atoms with van der Waals surface area (Å²) in [4.78, 5) is 51.0. The fourth-order valence-electron chi connectivity index (χ4n) is 3.39. The van der Waals surface area contributed by atoms with Gasteiger partial charge in [0.1, 0.15) is 0 Å². The van der Waals surface area contributed by atoms with Crippen LogP contribution in [-0.2, 0) is 19.1 Å². The minimum absolute atomic E-state index is 0.0414. The molecule has 7 nitrogen and oxygen atoms in total. The maximum Gasteiger partial charge on any atom is 0.337 e. The fourth-order valence-corrected chi connectivity index (χ4v) is 3.71. The van der Waals surface area contributed by atoms with Gasteiger partial charge in [-0.25, -0.2) is 4.79 Å². The van der Waals surface area contributed by atoms with E-state index in [9.17, 15) is 19.2 Å². The van der Waals surface area contributed by atoms with Gasteiger partial charge in [0.05, 0.1) is 18.6 Å². The van der Waals surface area contributed by atoms with Gasteiger partial charge in [0.2, 0.25) is 11.7 Å². The Balaban J connectivity index is 1.67. The fraction of sp³-hybridized carbons (Fsp3) is 0.304. The van der Waals surface area contributed by atoms with Crippen molar-refractivity contribution in [2.75, 3.05) is 24.4 Å². The number of carbonyl (C=O) groups excluding carboxylic acids is 4.